The molecule has 0 bridgehead atoms. The van der Waals surface area contributed by atoms with E-state index in [0.29, 0.717) is 12.4 Å². The average Bonchev–Trinajstić information content (AvgIpc) is 3.15. The Balaban J connectivity index is 1.57. The molecule has 118 valence electrons. The van der Waals surface area contributed by atoms with Crippen molar-refractivity contribution in [2.24, 2.45) is 5.92 Å². The van der Waals surface area contributed by atoms with Gasteiger partial charge in [-0.2, -0.15) is 0 Å². The van der Waals surface area contributed by atoms with Gasteiger partial charge in [-0.15, -0.1) is 0 Å². The molecule has 0 atom stereocenters. The summed E-state index contributed by atoms with van der Waals surface area (Å²) in [6.07, 6.45) is 4.49. The lowest BCUT2D eigenvalue weighted by Crippen LogP contribution is -2.17. The second-order valence-electron chi connectivity index (χ2n) is 6.41. The second kappa shape index (κ2) is 6.07. The molecule has 0 radical (unpaired) electrons. The van der Waals surface area contributed by atoms with E-state index < -0.39 is 0 Å². The van der Waals surface area contributed by atoms with E-state index in [1.54, 1.807) is 0 Å². The van der Waals surface area contributed by atoms with Crippen LogP contribution in [0.15, 0.2) is 42.5 Å². The van der Waals surface area contributed by atoms with Crippen molar-refractivity contribution >= 4 is 11.5 Å². The maximum absolute atomic E-state index is 12.5. The highest BCUT2D eigenvalue weighted by atomic mass is 16.5. The number of rotatable bonds is 3. The SMILES string of the molecule is O=C(c1ccc(-c2ccc3c(c2)OCCN3)cc1)C1CCCC1. The van der Waals surface area contributed by atoms with Gasteiger partial charge in [-0.25, -0.2) is 0 Å². The summed E-state index contributed by atoms with van der Waals surface area (Å²) in [6.45, 7) is 1.55. The van der Waals surface area contributed by atoms with E-state index in [0.717, 1.165) is 47.5 Å². The summed E-state index contributed by atoms with van der Waals surface area (Å²) in [4.78, 5) is 12.5. The van der Waals surface area contributed by atoms with Crippen molar-refractivity contribution in [2.75, 3.05) is 18.5 Å². The normalized spacial score (nSPS) is 17.2. The Hall–Kier alpha value is -2.29. The fourth-order valence-corrected chi connectivity index (χ4v) is 3.56. The number of fused-ring (bicyclic) bond motifs is 1. The fraction of sp³-hybridized carbons (Fsp3) is 0.350. The number of benzene rings is 2. The van der Waals surface area contributed by atoms with Crippen molar-refractivity contribution in [1.82, 2.24) is 0 Å². The van der Waals surface area contributed by atoms with Gasteiger partial charge in [0.2, 0.25) is 0 Å². The first-order valence-corrected chi connectivity index (χ1v) is 8.47. The quantitative estimate of drug-likeness (QED) is 0.847. The molecule has 1 aliphatic heterocycles. The van der Waals surface area contributed by atoms with Crippen LogP contribution in [-0.2, 0) is 0 Å². The first-order chi connectivity index (χ1) is 11.3. The third-order valence-corrected chi connectivity index (χ3v) is 4.89. The van der Waals surface area contributed by atoms with Crippen molar-refractivity contribution in [3.8, 4) is 16.9 Å². The van der Waals surface area contributed by atoms with E-state index in [4.69, 9.17) is 4.74 Å². The number of hydrogen-bond acceptors (Lipinski definition) is 3. The minimum atomic E-state index is 0.240. The van der Waals surface area contributed by atoms with Crippen LogP contribution in [0, 0.1) is 5.92 Å². The lowest BCUT2D eigenvalue weighted by Gasteiger charge is -2.19. The summed E-state index contributed by atoms with van der Waals surface area (Å²) < 4.78 is 5.70. The van der Waals surface area contributed by atoms with Crippen LogP contribution < -0.4 is 10.1 Å². The molecule has 0 saturated heterocycles. The predicted molar refractivity (Wildman–Crippen MR) is 92.2 cm³/mol. The molecule has 1 fully saturated rings. The van der Waals surface area contributed by atoms with E-state index in [1.165, 1.54) is 12.8 Å². The largest absolute Gasteiger partial charge is 0.490 e. The molecule has 2 aromatic rings. The van der Waals surface area contributed by atoms with E-state index in [-0.39, 0.29) is 5.92 Å². The van der Waals surface area contributed by atoms with Crippen LogP contribution in [-0.4, -0.2) is 18.9 Å². The van der Waals surface area contributed by atoms with Crippen LogP contribution in [0.3, 0.4) is 0 Å². The van der Waals surface area contributed by atoms with Crippen LogP contribution in [0.1, 0.15) is 36.0 Å². The zero-order chi connectivity index (χ0) is 15.6. The van der Waals surface area contributed by atoms with Gasteiger partial charge in [0.25, 0.3) is 0 Å². The van der Waals surface area contributed by atoms with Crippen molar-refractivity contribution in [1.29, 1.82) is 0 Å². The number of carbonyl (C=O) groups is 1. The minimum Gasteiger partial charge on any atom is -0.490 e. The summed E-state index contributed by atoms with van der Waals surface area (Å²) >= 11 is 0. The van der Waals surface area contributed by atoms with Gasteiger partial charge in [0.05, 0.1) is 5.69 Å². The third kappa shape index (κ3) is 2.83. The van der Waals surface area contributed by atoms with Crippen LogP contribution in [0.25, 0.3) is 11.1 Å². The van der Waals surface area contributed by atoms with Crippen LogP contribution in [0.5, 0.6) is 5.75 Å². The minimum absolute atomic E-state index is 0.240. The number of ketones is 1. The highest BCUT2D eigenvalue weighted by molar-refractivity contribution is 5.98. The molecule has 4 rings (SSSR count). The third-order valence-electron chi connectivity index (χ3n) is 4.89. The van der Waals surface area contributed by atoms with Crippen LogP contribution in [0.2, 0.25) is 0 Å². The molecule has 3 nitrogen and oxygen atoms in total. The number of carbonyl (C=O) groups excluding carboxylic acids is 1. The average molecular weight is 307 g/mol. The van der Waals surface area contributed by atoms with Gasteiger partial charge in [-0.05, 0) is 36.1 Å². The first-order valence-electron chi connectivity index (χ1n) is 8.47. The Labute approximate surface area is 136 Å². The molecule has 1 N–H and O–H groups in total. The molecule has 0 spiro atoms. The number of ether oxygens (including phenoxy) is 1. The molecule has 1 heterocycles. The lowest BCUT2D eigenvalue weighted by molar-refractivity contribution is 0.0923. The standard InChI is InChI=1S/C20H21NO2/c22-20(15-3-1-2-4-15)16-7-5-14(6-8-16)17-9-10-18-19(13-17)23-12-11-21-18/h5-10,13,15,21H,1-4,11-12H2. The van der Waals surface area contributed by atoms with Gasteiger partial charge >= 0.3 is 0 Å². The Morgan fingerprint density at radius 3 is 2.52 bits per heavy atom. The molecular weight excluding hydrogens is 286 g/mol. The van der Waals surface area contributed by atoms with Gasteiger partial charge in [0.1, 0.15) is 12.4 Å². The Kier molecular flexibility index (Phi) is 3.78. The van der Waals surface area contributed by atoms with E-state index in [9.17, 15) is 4.79 Å². The fourth-order valence-electron chi connectivity index (χ4n) is 3.56. The van der Waals surface area contributed by atoms with Crippen molar-refractivity contribution in [3.05, 3.63) is 48.0 Å². The summed E-state index contributed by atoms with van der Waals surface area (Å²) in [5, 5.41) is 3.33. The van der Waals surface area contributed by atoms with Crippen molar-refractivity contribution in [3.63, 3.8) is 0 Å². The van der Waals surface area contributed by atoms with E-state index in [2.05, 4.69) is 23.5 Å². The topological polar surface area (TPSA) is 38.3 Å². The second-order valence-corrected chi connectivity index (χ2v) is 6.41. The molecule has 1 saturated carbocycles. The molecule has 0 unspecified atom stereocenters. The molecule has 0 amide bonds. The van der Waals surface area contributed by atoms with Crippen molar-refractivity contribution in [2.45, 2.75) is 25.7 Å². The molecular formula is C20H21NO2. The zero-order valence-electron chi connectivity index (χ0n) is 13.2. The molecule has 2 aliphatic rings. The Bertz CT molecular complexity index is 715. The number of Topliss-reactive ketones (excluding diaryl/α,β-unsaturated/α-hetero) is 1. The van der Waals surface area contributed by atoms with Gasteiger partial charge in [-0.3, -0.25) is 4.79 Å². The lowest BCUT2D eigenvalue weighted by atomic mass is 9.94. The summed E-state index contributed by atoms with van der Waals surface area (Å²) in [5.41, 5.74) is 4.13. The summed E-state index contributed by atoms with van der Waals surface area (Å²) in [7, 11) is 0. The maximum Gasteiger partial charge on any atom is 0.165 e. The predicted octanol–water partition coefficient (Wildman–Crippen LogP) is 4.53. The molecule has 3 heteroatoms. The van der Waals surface area contributed by atoms with Gasteiger partial charge in [-0.1, -0.05) is 43.2 Å². The number of nitrogens with one attached hydrogen (secondary N) is 1. The van der Waals surface area contributed by atoms with E-state index in [1.807, 2.05) is 24.3 Å². The molecule has 2 aromatic carbocycles. The molecule has 1 aliphatic carbocycles. The van der Waals surface area contributed by atoms with Gasteiger partial charge in [0.15, 0.2) is 5.78 Å². The zero-order valence-corrected chi connectivity index (χ0v) is 13.2. The highest BCUT2D eigenvalue weighted by Gasteiger charge is 2.23. The Morgan fingerprint density at radius 1 is 1.00 bits per heavy atom. The van der Waals surface area contributed by atoms with Crippen LogP contribution >= 0.6 is 0 Å². The maximum atomic E-state index is 12.5. The van der Waals surface area contributed by atoms with Gasteiger partial charge in [0, 0.05) is 18.0 Å². The highest BCUT2D eigenvalue weighted by Crippen LogP contribution is 2.33. The summed E-state index contributed by atoms with van der Waals surface area (Å²) in [6, 6.07) is 14.2. The Morgan fingerprint density at radius 2 is 1.74 bits per heavy atom. The number of anilines is 1. The van der Waals surface area contributed by atoms with Crippen LogP contribution in [0.4, 0.5) is 5.69 Å². The molecule has 23 heavy (non-hydrogen) atoms. The monoisotopic (exact) mass is 307 g/mol. The smallest absolute Gasteiger partial charge is 0.165 e. The molecule has 0 aromatic heterocycles. The number of hydrogen-bond donors (Lipinski definition) is 1. The summed E-state index contributed by atoms with van der Waals surface area (Å²) in [5.74, 6) is 1.45. The van der Waals surface area contributed by atoms with Crippen molar-refractivity contribution < 1.29 is 9.53 Å². The van der Waals surface area contributed by atoms with E-state index >= 15 is 0 Å². The van der Waals surface area contributed by atoms with Gasteiger partial charge < -0.3 is 10.1 Å². The first kappa shape index (κ1) is 14.3.